The lowest BCUT2D eigenvalue weighted by molar-refractivity contribution is 0.298. The quantitative estimate of drug-likeness (QED) is 0.600. The van der Waals surface area contributed by atoms with Crippen molar-refractivity contribution in [3.05, 3.63) is 22.2 Å². The molecular formula is C17H29BrN2O2. The third kappa shape index (κ3) is 6.15. The van der Waals surface area contributed by atoms with Crippen LogP contribution in [0.5, 0.6) is 11.5 Å². The molecule has 0 radical (unpaired) electrons. The molecule has 4 nitrogen and oxygen atoms in total. The maximum Gasteiger partial charge on any atom is 0.162 e. The van der Waals surface area contributed by atoms with E-state index >= 15 is 0 Å². The van der Waals surface area contributed by atoms with Crippen molar-refractivity contribution in [3.63, 3.8) is 0 Å². The number of nitrogens with zero attached hydrogens (tertiary/aromatic N) is 1. The van der Waals surface area contributed by atoms with E-state index in [0.717, 1.165) is 55.1 Å². The van der Waals surface area contributed by atoms with E-state index in [9.17, 15) is 0 Å². The normalized spacial score (nSPS) is 11.0. The largest absolute Gasteiger partial charge is 0.493 e. The van der Waals surface area contributed by atoms with Gasteiger partial charge < -0.3 is 19.7 Å². The number of benzene rings is 1. The van der Waals surface area contributed by atoms with Crippen LogP contribution in [0.25, 0.3) is 0 Å². The van der Waals surface area contributed by atoms with E-state index in [2.05, 4.69) is 40.0 Å². The summed E-state index contributed by atoms with van der Waals surface area (Å²) in [7, 11) is 1.67. The second kappa shape index (κ2) is 10.9. The molecule has 0 amide bonds. The van der Waals surface area contributed by atoms with Gasteiger partial charge in [-0.15, -0.1) is 0 Å². The first-order chi connectivity index (χ1) is 10.7. The number of hydrogen-bond donors (Lipinski definition) is 1. The van der Waals surface area contributed by atoms with Crippen LogP contribution in [0, 0.1) is 0 Å². The fourth-order valence-corrected chi connectivity index (χ4v) is 2.79. The zero-order valence-corrected chi connectivity index (χ0v) is 15.8. The monoisotopic (exact) mass is 372 g/mol. The molecule has 0 saturated heterocycles. The predicted octanol–water partition coefficient (Wildman–Crippen LogP) is 3.68. The minimum absolute atomic E-state index is 0.631. The highest BCUT2D eigenvalue weighted by Crippen LogP contribution is 2.33. The Morgan fingerprint density at radius 2 is 1.86 bits per heavy atom. The molecule has 0 bridgehead atoms. The average molecular weight is 373 g/mol. The maximum absolute atomic E-state index is 5.58. The number of ether oxygens (including phenoxy) is 2. The van der Waals surface area contributed by atoms with Crippen LogP contribution in [0.15, 0.2) is 16.6 Å². The summed E-state index contributed by atoms with van der Waals surface area (Å²) < 4.78 is 12.0. The van der Waals surface area contributed by atoms with Crippen LogP contribution in [0.2, 0.25) is 0 Å². The van der Waals surface area contributed by atoms with Gasteiger partial charge in [-0.1, -0.05) is 29.8 Å². The Labute approximate surface area is 143 Å². The number of methoxy groups -OCH3 is 1. The van der Waals surface area contributed by atoms with Crippen molar-refractivity contribution < 1.29 is 9.47 Å². The Morgan fingerprint density at radius 1 is 1.14 bits per heavy atom. The van der Waals surface area contributed by atoms with Crippen LogP contribution in [0.3, 0.4) is 0 Å². The second-order valence-corrected chi connectivity index (χ2v) is 5.94. The van der Waals surface area contributed by atoms with Crippen LogP contribution < -0.4 is 14.8 Å². The topological polar surface area (TPSA) is 33.7 Å². The molecule has 0 aromatic heterocycles. The van der Waals surface area contributed by atoms with Gasteiger partial charge in [0.05, 0.1) is 13.7 Å². The lowest BCUT2D eigenvalue weighted by atomic mass is 10.2. The van der Waals surface area contributed by atoms with Crippen LogP contribution in [0.4, 0.5) is 0 Å². The third-order valence-electron chi connectivity index (χ3n) is 3.67. The van der Waals surface area contributed by atoms with E-state index in [-0.39, 0.29) is 0 Å². The maximum atomic E-state index is 5.58. The van der Waals surface area contributed by atoms with Crippen molar-refractivity contribution >= 4 is 15.9 Å². The van der Waals surface area contributed by atoms with Gasteiger partial charge in [0.15, 0.2) is 11.5 Å². The molecular weight excluding hydrogens is 344 g/mol. The minimum Gasteiger partial charge on any atom is -0.493 e. The highest BCUT2D eigenvalue weighted by atomic mass is 79.9. The van der Waals surface area contributed by atoms with Crippen LogP contribution >= 0.6 is 15.9 Å². The summed E-state index contributed by atoms with van der Waals surface area (Å²) >= 11 is 3.61. The Morgan fingerprint density at radius 3 is 2.45 bits per heavy atom. The lowest BCUT2D eigenvalue weighted by Crippen LogP contribution is -2.27. The first kappa shape index (κ1) is 19.3. The number of rotatable bonds is 11. The van der Waals surface area contributed by atoms with Crippen molar-refractivity contribution in [2.45, 2.75) is 33.7 Å². The highest BCUT2D eigenvalue weighted by Gasteiger charge is 2.09. The molecule has 0 fully saturated rings. The van der Waals surface area contributed by atoms with Crippen molar-refractivity contribution in [1.82, 2.24) is 10.2 Å². The molecule has 0 spiro atoms. The molecule has 1 N–H and O–H groups in total. The summed E-state index contributed by atoms with van der Waals surface area (Å²) in [6.07, 6.45) is 1.16. The fourth-order valence-electron chi connectivity index (χ4n) is 2.33. The van der Waals surface area contributed by atoms with E-state index in [1.807, 2.05) is 19.1 Å². The lowest BCUT2D eigenvalue weighted by Gasteiger charge is -2.18. The predicted molar refractivity (Wildman–Crippen MR) is 96.0 cm³/mol. The highest BCUT2D eigenvalue weighted by molar-refractivity contribution is 9.10. The SMILES string of the molecule is CCOc1cc(Br)c(CNCCCN(CC)CC)cc1OC. The second-order valence-electron chi connectivity index (χ2n) is 5.08. The number of halogens is 1. The number of nitrogens with one attached hydrogen (secondary N) is 1. The average Bonchev–Trinajstić information content (AvgIpc) is 2.53. The molecule has 22 heavy (non-hydrogen) atoms. The molecule has 5 heteroatoms. The van der Waals surface area contributed by atoms with Crippen LogP contribution in [-0.4, -0.2) is 44.8 Å². The Hall–Kier alpha value is -0.780. The molecule has 0 aliphatic rings. The smallest absolute Gasteiger partial charge is 0.162 e. The molecule has 1 aromatic carbocycles. The van der Waals surface area contributed by atoms with Gasteiger partial charge >= 0.3 is 0 Å². The molecule has 0 saturated carbocycles. The van der Waals surface area contributed by atoms with E-state index in [1.54, 1.807) is 7.11 Å². The van der Waals surface area contributed by atoms with Gasteiger partial charge in [0.1, 0.15) is 0 Å². The zero-order chi connectivity index (χ0) is 16.4. The third-order valence-corrected chi connectivity index (χ3v) is 4.41. The summed E-state index contributed by atoms with van der Waals surface area (Å²) in [5, 5.41) is 3.50. The van der Waals surface area contributed by atoms with Crippen molar-refractivity contribution in [1.29, 1.82) is 0 Å². The molecule has 0 atom stereocenters. The standard InChI is InChI=1S/C17H29BrN2O2/c1-5-20(6-2)10-8-9-19-13-14-11-16(21-4)17(22-7-3)12-15(14)18/h11-12,19H,5-10,13H2,1-4H3. The zero-order valence-electron chi connectivity index (χ0n) is 14.2. The molecule has 1 rings (SSSR count). The molecule has 126 valence electrons. The molecule has 0 heterocycles. The summed E-state index contributed by atoms with van der Waals surface area (Å²) in [5.74, 6) is 1.56. The van der Waals surface area contributed by atoms with Gasteiger partial charge in [0.2, 0.25) is 0 Å². The first-order valence-electron chi connectivity index (χ1n) is 8.08. The Bertz CT molecular complexity index is 437. The molecule has 1 aromatic rings. The fraction of sp³-hybridized carbons (Fsp3) is 0.647. The molecule has 0 aliphatic carbocycles. The molecule has 0 unspecified atom stereocenters. The minimum atomic E-state index is 0.631. The Kier molecular flexibility index (Phi) is 9.52. The van der Waals surface area contributed by atoms with Crippen LogP contribution in [0.1, 0.15) is 32.8 Å². The Balaban J connectivity index is 2.48. The van der Waals surface area contributed by atoms with Gasteiger partial charge in [-0.3, -0.25) is 0 Å². The number of hydrogen-bond acceptors (Lipinski definition) is 4. The molecule has 0 aliphatic heterocycles. The van der Waals surface area contributed by atoms with Crippen LogP contribution in [-0.2, 0) is 6.54 Å². The van der Waals surface area contributed by atoms with Gasteiger partial charge in [-0.2, -0.15) is 0 Å². The van der Waals surface area contributed by atoms with Gasteiger partial charge in [-0.05, 0) is 57.2 Å². The van der Waals surface area contributed by atoms with E-state index in [0.29, 0.717) is 6.61 Å². The van der Waals surface area contributed by atoms with Gasteiger partial charge in [0.25, 0.3) is 0 Å². The summed E-state index contributed by atoms with van der Waals surface area (Å²) in [4.78, 5) is 2.44. The van der Waals surface area contributed by atoms with Crippen molar-refractivity contribution in [2.75, 3.05) is 39.9 Å². The van der Waals surface area contributed by atoms with Gasteiger partial charge in [0, 0.05) is 11.0 Å². The van der Waals surface area contributed by atoms with E-state index in [4.69, 9.17) is 9.47 Å². The first-order valence-corrected chi connectivity index (χ1v) is 8.87. The summed E-state index contributed by atoms with van der Waals surface area (Å²) in [6.45, 7) is 12.2. The van der Waals surface area contributed by atoms with E-state index < -0.39 is 0 Å². The summed E-state index contributed by atoms with van der Waals surface area (Å²) in [6, 6.07) is 4.02. The van der Waals surface area contributed by atoms with Crippen molar-refractivity contribution in [3.8, 4) is 11.5 Å². The summed E-state index contributed by atoms with van der Waals surface area (Å²) in [5.41, 5.74) is 1.18. The van der Waals surface area contributed by atoms with E-state index in [1.165, 1.54) is 5.56 Å². The van der Waals surface area contributed by atoms with Gasteiger partial charge in [-0.25, -0.2) is 0 Å². The van der Waals surface area contributed by atoms with Crippen molar-refractivity contribution in [2.24, 2.45) is 0 Å².